The second-order valence-corrected chi connectivity index (χ2v) is 3.77. The van der Waals surface area contributed by atoms with Crippen molar-refractivity contribution in [3.8, 4) is 0 Å². The topological polar surface area (TPSA) is 12.4 Å². The summed E-state index contributed by atoms with van der Waals surface area (Å²) in [4.78, 5) is 3.94. The molecule has 0 bridgehead atoms. The van der Waals surface area contributed by atoms with E-state index in [9.17, 15) is 13.2 Å². The fourth-order valence-corrected chi connectivity index (χ4v) is 1.40. The minimum Gasteiger partial charge on any atom is -0.293 e. The Morgan fingerprint density at radius 1 is 1.24 bits per heavy atom. The van der Waals surface area contributed by atoms with Gasteiger partial charge in [-0.15, -0.1) is 0 Å². The minimum absolute atomic E-state index is 0.558. The number of halogens is 3. The first kappa shape index (κ1) is 13.5. The van der Waals surface area contributed by atoms with Gasteiger partial charge in [0, 0.05) is 12.8 Å². The van der Waals surface area contributed by atoms with E-state index in [0.29, 0.717) is 5.56 Å². The van der Waals surface area contributed by atoms with Crippen molar-refractivity contribution in [1.82, 2.24) is 0 Å². The molecule has 0 amide bonds. The van der Waals surface area contributed by atoms with E-state index >= 15 is 0 Å². The summed E-state index contributed by atoms with van der Waals surface area (Å²) < 4.78 is 37.6. The molecule has 0 fully saturated rings. The van der Waals surface area contributed by atoms with Crippen LogP contribution in [0.25, 0.3) is 5.57 Å². The van der Waals surface area contributed by atoms with Crippen molar-refractivity contribution in [1.29, 1.82) is 0 Å². The molecule has 1 rings (SSSR count). The number of aliphatic imine (C=N–C) groups is 1. The lowest BCUT2D eigenvalue weighted by Crippen LogP contribution is -2.04. The van der Waals surface area contributed by atoms with Crippen LogP contribution in [-0.2, 0) is 6.18 Å². The van der Waals surface area contributed by atoms with Crippen molar-refractivity contribution in [3.05, 3.63) is 41.5 Å². The third kappa shape index (κ3) is 3.73. The Bertz CT molecular complexity index is 456. The fraction of sp³-hybridized carbons (Fsp3) is 0.308. The molecule has 4 heteroatoms. The Kier molecular flexibility index (Phi) is 4.10. The molecule has 0 unspecified atom stereocenters. The van der Waals surface area contributed by atoms with Crippen LogP contribution in [-0.4, -0.2) is 12.8 Å². The molecule has 0 aliphatic heterocycles. The Morgan fingerprint density at radius 3 is 2.41 bits per heavy atom. The summed E-state index contributed by atoms with van der Waals surface area (Å²) in [5.41, 5.74) is 1.47. The smallest absolute Gasteiger partial charge is 0.293 e. The molecule has 0 N–H and O–H groups in total. The Morgan fingerprint density at radius 2 is 1.88 bits per heavy atom. The first-order chi connectivity index (χ1) is 7.84. The largest absolute Gasteiger partial charge is 0.416 e. The van der Waals surface area contributed by atoms with Crippen molar-refractivity contribution in [2.75, 3.05) is 7.05 Å². The Labute approximate surface area is 98.7 Å². The van der Waals surface area contributed by atoms with Crippen LogP contribution >= 0.6 is 0 Å². The van der Waals surface area contributed by atoms with Gasteiger partial charge in [0.05, 0.1) is 5.56 Å². The normalized spacial score (nSPS) is 14.0. The van der Waals surface area contributed by atoms with Crippen LogP contribution in [0.2, 0.25) is 0 Å². The maximum absolute atomic E-state index is 12.5. The Hall–Kier alpha value is -1.58. The third-order valence-corrected chi connectivity index (χ3v) is 2.42. The number of hydrogen-bond donors (Lipinski definition) is 0. The molecule has 1 aromatic rings. The average Bonchev–Trinajstić information content (AvgIpc) is 2.28. The Balaban J connectivity index is 3.13. The lowest BCUT2D eigenvalue weighted by atomic mass is 10.0. The molecule has 17 heavy (non-hydrogen) atoms. The molecule has 0 saturated carbocycles. The van der Waals surface area contributed by atoms with E-state index in [0.717, 1.165) is 23.4 Å². The van der Waals surface area contributed by atoms with E-state index in [1.54, 1.807) is 33.0 Å². The summed E-state index contributed by atoms with van der Waals surface area (Å²) in [6.45, 7) is 3.57. The molecule has 0 aliphatic rings. The molecular weight excluding hydrogens is 227 g/mol. The van der Waals surface area contributed by atoms with Gasteiger partial charge in [0.15, 0.2) is 0 Å². The molecule has 1 nitrogen and oxygen atoms in total. The zero-order valence-electron chi connectivity index (χ0n) is 9.97. The zero-order valence-corrected chi connectivity index (χ0v) is 9.97. The highest BCUT2D eigenvalue weighted by Gasteiger charge is 2.30. The van der Waals surface area contributed by atoms with Gasteiger partial charge >= 0.3 is 6.18 Å². The first-order valence-electron chi connectivity index (χ1n) is 5.14. The summed E-state index contributed by atoms with van der Waals surface area (Å²) in [5, 5.41) is 0. The molecule has 0 aromatic heterocycles. The molecule has 0 atom stereocenters. The summed E-state index contributed by atoms with van der Waals surface area (Å²) in [5.74, 6) is 0. The van der Waals surface area contributed by atoms with Gasteiger partial charge in [-0.25, -0.2) is 0 Å². The van der Waals surface area contributed by atoms with Crippen molar-refractivity contribution in [2.24, 2.45) is 4.99 Å². The molecule has 92 valence electrons. The number of rotatable bonds is 2. The molecule has 0 radical (unpaired) electrons. The second kappa shape index (κ2) is 5.17. The predicted octanol–water partition coefficient (Wildman–Crippen LogP) is 4.20. The highest BCUT2D eigenvalue weighted by molar-refractivity contribution is 5.98. The van der Waals surface area contributed by atoms with E-state index in [1.165, 1.54) is 6.07 Å². The maximum atomic E-state index is 12.5. The van der Waals surface area contributed by atoms with Gasteiger partial charge in [-0.2, -0.15) is 13.2 Å². The van der Waals surface area contributed by atoms with Crippen molar-refractivity contribution >= 4 is 11.3 Å². The SMILES string of the molecule is CN=C(C)/C=C(\C)c1cccc(C(F)(F)F)c1. The van der Waals surface area contributed by atoms with E-state index in [-0.39, 0.29) is 0 Å². The lowest BCUT2D eigenvalue weighted by Gasteiger charge is -2.09. The molecular formula is C13H14F3N. The number of nitrogens with zero attached hydrogens (tertiary/aromatic N) is 1. The third-order valence-electron chi connectivity index (χ3n) is 2.42. The van der Waals surface area contributed by atoms with Crippen LogP contribution in [0.15, 0.2) is 35.3 Å². The van der Waals surface area contributed by atoms with Crippen LogP contribution in [0.5, 0.6) is 0 Å². The molecule has 0 saturated heterocycles. The number of allylic oxidation sites excluding steroid dienone is 2. The predicted molar refractivity (Wildman–Crippen MR) is 64.1 cm³/mol. The maximum Gasteiger partial charge on any atom is 0.416 e. The fourth-order valence-electron chi connectivity index (χ4n) is 1.40. The van der Waals surface area contributed by atoms with Crippen LogP contribution in [0.1, 0.15) is 25.0 Å². The van der Waals surface area contributed by atoms with Gasteiger partial charge in [-0.1, -0.05) is 12.1 Å². The number of alkyl halides is 3. The second-order valence-electron chi connectivity index (χ2n) is 3.77. The molecule has 0 aliphatic carbocycles. The monoisotopic (exact) mass is 241 g/mol. The highest BCUT2D eigenvalue weighted by atomic mass is 19.4. The van der Waals surface area contributed by atoms with E-state index in [1.807, 2.05) is 0 Å². The highest BCUT2D eigenvalue weighted by Crippen LogP contribution is 2.30. The zero-order chi connectivity index (χ0) is 13.1. The van der Waals surface area contributed by atoms with Crippen molar-refractivity contribution in [3.63, 3.8) is 0 Å². The minimum atomic E-state index is -4.30. The molecule has 1 aromatic carbocycles. The van der Waals surface area contributed by atoms with Gasteiger partial charge in [0.1, 0.15) is 0 Å². The number of benzene rings is 1. The molecule has 0 spiro atoms. The lowest BCUT2D eigenvalue weighted by molar-refractivity contribution is -0.137. The molecule has 0 heterocycles. The summed E-state index contributed by atoms with van der Waals surface area (Å²) in [7, 11) is 1.64. The average molecular weight is 241 g/mol. The summed E-state index contributed by atoms with van der Waals surface area (Å²) >= 11 is 0. The van der Waals surface area contributed by atoms with Crippen LogP contribution in [0.4, 0.5) is 13.2 Å². The van der Waals surface area contributed by atoms with Crippen LogP contribution < -0.4 is 0 Å². The van der Waals surface area contributed by atoms with Gasteiger partial charge in [0.25, 0.3) is 0 Å². The van der Waals surface area contributed by atoms with E-state index in [4.69, 9.17) is 0 Å². The van der Waals surface area contributed by atoms with Gasteiger partial charge in [-0.3, -0.25) is 4.99 Å². The van der Waals surface area contributed by atoms with Gasteiger partial charge in [0.2, 0.25) is 0 Å². The first-order valence-corrected chi connectivity index (χ1v) is 5.14. The summed E-state index contributed by atoms with van der Waals surface area (Å²) in [6.07, 6.45) is -2.54. The quantitative estimate of drug-likeness (QED) is 0.688. The van der Waals surface area contributed by atoms with E-state index < -0.39 is 11.7 Å². The standard InChI is InChI=1S/C13H14F3N/c1-9(7-10(2)17-3)11-5-4-6-12(8-11)13(14,15)16/h4-8H,1-3H3/b9-7+,17-10?. The number of hydrogen-bond acceptors (Lipinski definition) is 1. The van der Waals surface area contributed by atoms with Crippen molar-refractivity contribution < 1.29 is 13.2 Å². The van der Waals surface area contributed by atoms with Crippen LogP contribution in [0.3, 0.4) is 0 Å². The van der Waals surface area contributed by atoms with E-state index in [2.05, 4.69) is 4.99 Å². The van der Waals surface area contributed by atoms with Gasteiger partial charge in [-0.05, 0) is 43.2 Å². The van der Waals surface area contributed by atoms with Gasteiger partial charge < -0.3 is 0 Å². The summed E-state index contributed by atoms with van der Waals surface area (Å²) in [6, 6.07) is 5.28. The van der Waals surface area contributed by atoms with Crippen LogP contribution in [0, 0.1) is 0 Å². The van der Waals surface area contributed by atoms with Crippen molar-refractivity contribution in [2.45, 2.75) is 20.0 Å².